The Kier molecular flexibility index (Phi) is 4.90. The topological polar surface area (TPSA) is 73.1 Å². The lowest BCUT2D eigenvalue weighted by atomic mass is 10.1. The van der Waals surface area contributed by atoms with Gasteiger partial charge >= 0.3 is 0 Å². The molecule has 0 spiro atoms. The van der Waals surface area contributed by atoms with Crippen LogP contribution in [0.5, 0.6) is 0 Å². The monoisotopic (exact) mass is 272 g/mol. The maximum atomic E-state index is 5.75. The molecule has 1 aromatic heterocycles. The Morgan fingerprint density at radius 2 is 1.85 bits per heavy atom. The molecule has 2 aromatic rings. The number of anilines is 2. The smallest absolute Gasteiger partial charge is 0.158 e. The van der Waals surface area contributed by atoms with Crippen LogP contribution in [0, 0.1) is 0 Å². The summed E-state index contributed by atoms with van der Waals surface area (Å²) in [7, 11) is 1.61. The minimum absolute atomic E-state index is 0.352. The van der Waals surface area contributed by atoms with Gasteiger partial charge in [0.15, 0.2) is 5.82 Å². The minimum atomic E-state index is 0.352. The first kappa shape index (κ1) is 14.3. The van der Waals surface area contributed by atoms with Gasteiger partial charge in [-0.2, -0.15) is 0 Å². The van der Waals surface area contributed by atoms with Crippen LogP contribution in [0.3, 0.4) is 0 Å². The number of hydrogen-bond donors (Lipinski definition) is 2. The highest BCUT2D eigenvalue weighted by Crippen LogP contribution is 2.11. The van der Waals surface area contributed by atoms with E-state index in [1.807, 2.05) is 0 Å². The van der Waals surface area contributed by atoms with Crippen molar-refractivity contribution < 1.29 is 4.74 Å². The molecule has 5 nitrogen and oxygen atoms in total. The van der Waals surface area contributed by atoms with E-state index in [0.29, 0.717) is 30.6 Å². The summed E-state index contributed by atoms with van der Waals surface area (Å²) in [5, 5.41) is 3.25. The predicted octanol–water partition coefficient (Wildman–Crippen LogP) is 2.38. The summed E-state index contributed by atoms with van der Waals surface area (Å²) in [6.07, 6.45) is 1.05. The number of nitrogens with zero attached hydrogens (tertiary/aromatic N) is 2. The Bertz CT molecular complexity index is 554. The fourth-order valence-corrected chi connectivity index (χ4v) is 1.89. The fraction of sp³-hybridized carbons (Fsp3) is 0.333. The zero-order chi connectivity index (χ0) is 14.4. The van der Waals surface area contributed by atoms with Crippen molar-refractivity contribution in [1.82, 2.24) is 9.97 Å². The molecule has 0 saturated heterocycles. The standard InChI is InChI=1S/C15H20N4O/c1-3-11-4-6-12(7-5-11)9-17-14-8-13(16)18-15(19-14)10-20-2/h4-8H,3,9-10H2,1-2H3,(H3,16,17,18,19). The highest BCUT2D eigenvalue weighted by Gasteiger charge is 2.02. The van der Waals surface area contributed by atoms with Crippen molar-refractivity contribution in [2.45, 2.75) is 26.5 Å². The van der Waals surface area contributed by atoms with E-state index in [0.717, 1.165) is 6.42 Å². The van der Waals surface area contributed by atoms with E-state index in [1.54, 1.807) is 13.2 Å². The molecule has 0 amide bonds. The lowest BCUT2D eigenvalue weighted by molar-refractivity contribution is 0.178. The third kappa shape index (κ3) is 3.93. The third-order valence-electron chi connectivity index (χ3n) is 2.97. The van der Waals surface area contributed by atoms with Crippen LogP contribution in [0.4, 0.5) is 11.6 Å². The van der Waals surface area contributed by atoms with Gasteiger partial charge in [-0.15, -0.1) is 0 Å². The van der Waals surface area contributed by atoms with Crippen LogP contribution >= 0.6 is 0 Å². The van der Waals surface area contributed by atoms with Crippen LogP contribution in [-0.2, 0) is 24.3 Å². The predicted molar refractivity (Wildman–Crippen MR) is 80.3 cm³/mol. The maximum absolute atomic E-state index is 5.75. The van der Waals surface area contributed by atoms with Gasteiger partial charge in [0, 0.05) is 19.7 Å². The number of aromatic nitrogens is 2. The number of nitrogen functional groups attached to an aromatic ring is 1. The fourth-order valence-electron chi connectivity index (χ4n) is 1.89. The molecular formula is C15H20N4O. The summed E-state index contributed by atoms with van der Waals surface area (Å²) >= 11 is 0. The number of hydrogen-bond acceptors (Lipinski definition) is 5. The van der Waals surface area contributed by atoms with Crippen LogP contribution in [0.25, 0.3) is 0 Å². The van der Waals surface area contributed by atoms with Crippen LogP contribution in [0.15, 0.2) is 30.3 Å². The van der Waals surface area contributed by atoms with Crippen molar-refractivity contribution in [3.8, 4) is 0 Å². The van der Waals surface area contributed by atoms with Crippen molar-refractivity contribution in [2.75, 3.05) is 18.2 Å². The van der Waals surface area contributed by atoms with Crippen LogP contribution in [0.1, 0.15) is 23.9 Å². The lowest BCUT2D eigenvalue weighted by Gasteiger charge is -2.08. The Balaban J connectivity index is 2.02. The zero-order valence-corrected chi connectivity index (χ0v) is 11.9. The van der Waals surface area contributed by atoms with E-state index in [-0.39, 0.29) is 0 Å². The molecule has 1 aromatic carbocycles. The van der Waals surface area contributed by atoms with E-state index in [9.17, 15) is 0 Å². The molecule has 0 saturated carbocycles. The van der Waals surface area contributed by atoms with Gasteiger partial charge in [-0.3, -0.25) is 0 Å². The molecule has 3 N–H and O–H groups in total. The Hall–Kier alpha value is -2.14. The van der Waals surface area contributed by atoms with Gasteiger partial charge in [0.1, 0.15) is 18.2 Å². The zero-order valence-electron chi connectivity index (χ0n) is 11.9. The number of rotatable bonds is 6. The second-order valence-electron chi connectivity index (χ2n) is 4.55. The van der Waals surface area contributed by atoms with Gasteiger partial charge in [0.2, 0.25) is 0 Å². The third-order valence-corrected chi connectivity index (χ3v) is 2.97. The molecular weight excluding hydrogens is 252 g/mol. The molecule has 0 aliphatic heterocycles. The number of aryl methyl sites for hydroxylation is 1. The van der Waals surface area contributed by atoms with Crippen molar-refractivity contribution >= 4 is 11.6 Å². The molecule has 0 fully saturated rings. The summed E-state index contributed by atoms with van der Waals surface area (Å²) in [4.78, 5) is 8.45. The van der Waals surface area contributed by atoms with E-state index in [1.165, 1.54) is 11.1 Å². The number of methoxy groups -OCH3 is 1. The van der Waals surface area contributed by atoms with Crippen molar-refractivity contribution in [3.63, 3.8) is 0 Å². The second-order valence-corrected chi connectivity index (χ2v) is 4.55. The molecule has 0 atom stereocenters. The molecule has 1 heterocycles. The summed E-state index contributed by atoms with van der Waals surface area (Å²) in [5.41, 5.74) is 8.29. The first-order chi connectivity index (χ1) is 9.71. The van der Waals surface area contributed by atoms with Gasteiger partial charge in [0.25, 0.3) is 0 Å². The Labute approximate surface area is 119 Å². The van der Waals surface area contributed by atoms with E-state index in [4.69, 9.17) is 10.5 Å². The van der Waals surface area contributed by atoms with Gasteiger partial charge < -0.3 is 15.8 Å². The minimum Gasteiger partial charge on any atom is -0.384 e. The van der Waals surface area contributed by atoms with Crippen LogP contribution in [0.2, 0.25) is 0 Å². The summed E-state index contributed by atoms with van der Waals surface area (Å²) < 4.78 is 5.02. The highest BCUT2D eigenvalue weighted by atomic mass is 16.5. The van der Waals surface area contributed by atoms with Crippen LogP contribution < -0.4 is 11.1 Å². The quantitative estimate of drug-likeness (QED) is 0.844. The average molecular weight is 272 g/mol. The second kappa shape index (κ2) is 6.86. The van der Waals surface area contributed by atoms with E-state index >= 15 is 0 Å². The van der Waals surface area contributed by atoms with Crippen molar-refractivity contribution in [1.29, 1.82) is 0 Å². The number of benzene rings is 1. The van der Waals surface area contributed by atoms with Crippen molar-refractivity contribution in [2.24, 2.45) is 0 Å². The summed E-state index contributed by atoms with van der Waals surface area (Å²) in [6, 6.07) is 10.2. The first-order valence-electron chi connectivity index (χ1n) is 6.65. The van der Waals surface area contributed by atoms with E-state index < -0.39 is 0 Å². The first-order valence-corrected chi connectivity index (χ1v) is 6.65. The molecule has 20 heavy (non-hydrogen) atoms. The lowest BCUT2D eigenvalue weighted by Crippen LogP contribution is -2.07. The molecule has 2 rings (SSSR count). The van der Waals surface area contributed by atoms with Crippen LogP contribution in [-0.4, -0.2) is 17.1 Å². The van der Waals surface area contributed by atoms with Gasteiger partial charge in [-0.05, 0) is 17.5 Å². The molecule has 0 aliphatic carbocycles. The highest BCUT2D eigenvalue weighted by molar-refractivity contribution is 5.45. The summed E-state index contributed by atoms with van der Waals surface area (Å²) in [6.45, 7) is 3.20. The number of nitrogens with one attached hydrogen (secondary N) is 1. The molecule has 5 heteroatoms. The Morgan fingerprint density at radius 1 is 1.15 bits per heavy atom. The molecule has 106 valence electrons. The van der Waals surface area contributed by atoms with Gasteiger partial charge in [-0.1, -0.05) is 31.2 Å². The Morgan fingerprint density at radius 3 is 2.50 bits per heavy atom. The largest absolute Gasteiger partial charge is 0.384 e. The average Bonchev–Trinajstić information content (AvgIpc) is 2.45. The summed E-state index contributed by atoms with van der Waals surface area (Å²) in [5.74, 6) is 1.73. The molecule has 0 bridgehead atoms. The van der Waals surface area contributed by atoms with Gasteiger partial charge in [0.05, 0.1) is 0 Å². The van der Waals surface area contributed by atoms with Crippen molar-refractivity contribution in [3.05, 3.63) is 47.3 Å². The molecule has 0 aliphatic rings. The maximum Gasteiger partial charge on any atom is 0.158 e. The molecule has 0 radical (unpaired) electrons. The SMILES string of the molecule is CCc1ccc(CNc2cc(N)nc(COC)n2)cc1. The van der Waals surface area contributed by atoms with Gasteiger partial charge in [-0.25, -0.2) is 9.97 Å². The number of ether oxygens (including phenoxy) is 1. The normalized spacial score (nSPS) is 10.5. The number of nitrogens with two attached hydrogens (primary N) is 1. The van der Waals surface area contributed by atoms with E-state index in [2.05, 4.69) is 46.5 Å². The molecule has 0 unspecified atom stereocenters.